The number of rotatable bonds is 9. The number of hydrogen-bond acceptors (Lipinski definition) is 3. The highest BCUT2D eigenvalue weighted by molar-refractivity contribution is 6.02. The molecule has 186 valence electrons. The smallest absolute Gasteiger partial charge is 0.253 e. The van der Waals surface area contributed by atoms with E-state index in [2.05, 4.69) is 45.9 Å². The van der Waals surface area contributed by atoms with Crippen molar-refractivity contribution in [3.63, 3.8) is 0 Å². The second kappa shape index (κ2) is 11.3. The molecule has 0 atom stereocenters. The van der Waals surface area contributed by atoms with E-state index in [1.54, 1.807) is 0 Å². The second-order valence-electron chi connectivity index (χ2n) is 10.8. The fraction of sp³-hybridized carbons (Fsp3) is 0.533. The summed E-state index contributed by atoms with van der Waals surface area (Å²) in [5.74, 6) is 1.42. The average Bonchev–Trinajstić information content (AvgIpc) is 3.53. The van der Waals surface area contributed by atoms with E-state index in [4.69, 9.17) is 0 Å². The van der Waals surface area contributed by atoms with Gasteiger partial charge in [-0.25, -0.2) is 0 Å². The SMILES string of the molecule is O=C(CCC1CCCC1)Nc1ccc(N2CCC(Cc3ccccc3)CC2)c(C(=O)NC2CC2)c1. The van der Waals surface area contributed by atoms with Gasteiger partial charge in [0.15, 0.2) is 0 Å². The Hall–Kier alpha value is -2.82. The van der Waals surface area contributed by atoms with E-state index in [0.29, 0.717) is 29.9 Å². The maximum Gasteiger partial charge on any atom is 0.253 e. The number of carbonyl (C=O) groups excluding carboxylic acids is 2. The Bertz CT molecular complexity index is 1000. The minimum atomic E-state index is -0.0176. The number of amides is 2. The van der Waals surface area contributed by atoms with Gasteiger partial charge in [0.2, 0.25) is 5.91 Å². The molecule has 2 aliphatic carbocycles. The lowest BCUT2D eigenvalue weighted by atomic mass is 9.89. The Morgan fingerprint density at radius 2 is 1.60 bits per heavy atom. The number of hydrogen-bond donors (Lipinski definition) is 2. The zero-order valence-corrected chi connectivity index (χ0v) is 20.8. The standard InChI is InChI=1S/C30H39N3O2/c34-29(15-10-22-6-4-5-7-22)31-26-13-14-28(27(21-26)30(35)32-25-11-12-25)33-18-16-24(17-19-33)20-23-8-2-1-3-9-23/h1-3,8-9,13-14,21-22,24-25H,4-7,10-12,15-20H2,(H,31,34)(H,32,35). The quantitative estimate of drug-likeness (QED) is 0.473. The molecule has 1 heterocycles. The van der Waals surface area contributed by atoms with Crippen LogP contribution < -0.4 is 15.5 Å². The molecular weight excluding hydrogens is 434 g/mol. The lowest BCUT2D eigenvalue weighted by Crippen LogP contribution is -2.36. The molecule has 2 aromatic carbocycles. The van der Waals surface area contributed by atoms with Gasteiger partial charge in [0, 0.05) is 36.9 Å². The minimum Gasteiger partial charge on any atom is -0.371 e. The van der Waals surface area contributed by atoms with Gasteiger partial charge in [-0.2, -0.15) is 0 Å². The van der Waals surface area contributed by atoms with Crippen molar-refractivity contribution < 1.29 is 9.59 Å². The van der Waals surface area contributed by atoms with E-state index < -0.39 is 0 Å². The fourth-order valence-corrected chi connectivity index (χ4v) is 5.75. The zero-order chi connectivity index (χ0) is 24.0. The Labute approximate surface area is 209 Å². The molecule has 5 rings (SSSR count). The molecule has 2 saturated carbocycles. The molecule has 0 spiro atoms. The van der Waals surface area contributed by atoms with Gasteiger partial charge < -0.3 is 15.5 Å². The van der Waals surface area contributed by atoms with Gasteiger partial charge in [0.1, 0.15) is 0 Å². The van der Waals surface area contributed by atoms with Gasteiger partial charge in [-0.1, -0.05) is 56.0 Å². The predicted octanol–water partition coefficient (Wildman–Crippen LogP) is 5.95. The molecule has 2 N–H and O–H groups in total. The van der Waals surface area contributed by atoms with Crippen molar-refractivity contribution in [1.29, 1.82) is 0 Å². The third-order valence-corrected chi connectivity index (χ3v) is 8.01. The first-order valence-corrected chi connectivity index (χ1v) is 13.7. The van der Waals surface area contributed by atoms with Crippen LogP contribution in [0.25, 0.3) is 0 Å². The van der Waals surface area contributed by atoms with E-state index in [1.165, 1.54) is 31.2 Å². The summed E-state index contributed by atoms with van der Waals surface area (Å²) >= 11 is 0. The van der Waals surface area contributed by atoms with Crippen molar-refractivity contribution in [2.24, 2.45) is 11.8 Å². The van der Waals surface area contributed by atoms with Crippen molar-refractivity contribution in [1.82, 2.24) is 5.32 Å². The topological polar surface area (TPSA) is 61.4 Å². The Morgan fingerprint density at radius 3 is 2.31 bits per heavy atom. The first kappa shape index (κ1) is 23.9. The largest absolute Gasteiger partial charge is 0.371 e. The summed E-state index contributed by atoms with van der Waals surface area (Å²) in [6, 6.07) is 16.9. The molecular formula is C30H39N3O2. The van der Waals surface area contributed by atoms with Gasteiger partial charge in [0.25, 0.3) is 5.91 Å². The maximum absolute atomic E-state index is 13.2. The Balaban J connectivity index is 1.23. The summed E-state index contributed by atoms with van der Waals surface area (Å²) < 4.78 is 0. The highest BCUT2D eigenvalue weighted by Crippen LogP contribution is 2.32. The Kier molecular flexibility index (Phi) is 7.70. The number of nitrogens with zero attached hydrogens (tertiary/aromatic N) is 1. The molecule has 0 radical (unpaired) electrons. The van der Waals surface area contributed by atoms with E-state index in [-0.39, 0.29) is 11.8 Å². The summed E-state index contributed by atoms with van der Waals surface area (Å²) in [5.41, 5.74) is 3.81. The highest BCUT2D eigenvalue weighted by Gasteiger charge is 2.28. The second-order valence-corrected chi connectivity index (χ2v) is 10.8. The molecule has 0 unspecified atom stereocenters. The number of carbonyl (C=O) groups is 2. The highest BCUT2D eigenvalue weighted by atomic mass is 16.2. The number of benzene rings is 2. The lowest BCUT2D eigenvalue weighted by molar-refractivity contribution is -0.116. The number of anilines is 2. The summed E-state index contributed by atoms with van der Waals surface area (Å²) in [6.07, 6.45) is 12.1. The van der Waals surface area contributed by atoms with Crippen LogP contribution in [-0.4, -0.2) is 30.9 Å². The maximum atomic E-state index is 13.2. The van der Waals surface area contributed by atoms with Gasteiger partial charge in [-0.3, -0.25) is 9.59 Å². The summed E-state index contributed by atoms with van der Waals surface area (Å²) in [5, 5.41) is 6.21. The van der Waals surface area contributed by atoms with Gasteiger partial charge >= 0.3 is 0 Å². The van der Waals surface area contributed by atoms with Gasteiger partial charge in [0.05, 0.1) is 5.56 Å². The molecule has 1 saturated heterocycles. The van der Waals surface area contributed by atoms with Crippen LogP contribution in [0.5, 0.6) is 0 Å². The number of nitrogens with one attached hydrogen (secondary N) is 2. The normalized spacial score (nSPS) is 19.0. The average molecular weight is 474 g/mol. The predicted molar refractivity (Wildman–Crippen MR) is 142 cm³/mol. The van der Waals surface area contributed by atoms with Crippen LogP contribution in [0, 0.1) is 11.8 Å². The van der Waals surface area contributed by atoms with Crippen LogP contribution in [0.15, 0.2) is 48.5 Å². The van der Waals surface area contributed by atoms with Crippen molar-refractivity contribution in [3.8, 4) is 0 Å². The van der Waals surface area contributed by atoms with Crippen LogP contribution in [0.4, 0.5) is 11.4 Å². The van der Waals surface area contributed by atoms with Crippen LogP contribution in [0.3, 0.4) is 0 Å². The van der Waals surface area contributed by atoms with Gasteiger partial charge in [-0.15, -0.1) is 0 Å². The monoisotopic (exact) mass is 473 g/mol. The molecule has 2 amide bonds. The molecule has 0 bridgehead atoms. The first-order valence-electron chi connectivity index (χ1n) is 13.7. The molecule has 3 fully saturated rings. The first-order chi connectivity index (χ1) is 17.1. The third kappa shape index (κ3) is 6.65. The van der Waals surface area contributed by atoms with E-state index in [1.807, 2.05) is 18.2 Å². The summed E-state index contributed by atoms with van der Waals surface area (Å²) in [6.45, 7) is 1.91. The van der Waals surface area contributed by atoms with Crippen LogP contribution in [0.2, 0.25) is 0 Å². The van der Waals surface area contributed by atoms with Crippen molar-refractivity contribution in [2.75, 3.05) is 23.3 Å². The van der Waals surface area contributed by atoms with E-state index in [9.17, 15) is 9.59 Å². The molecule has 2 aromatic rings. The molecule has 1 aliphatic heterocycles. The lowest BCUT2D eigenvalue weighted by Gasteiger charge is -2.35. The van der Waals surface area contributed by atoms with Crippen LogP contribution >= 0.6 is 0 Å². The van der Waals surface area contributed by atoms with Crippen molar-refractivity contribution >= 4 is 23.2 Å². The fourth-order valence-electron chi connectivity index (χ4n) is 5.75. The van der Waals surface area contributed by atoms with E-state index in [0.717, 1.165) is 63.0 Å². The molecule has 0 aromatic heterocycles. The van der Waals surface area contributed by atoms with Crippen molar-refractivity contribution in [2.45, 2.75) is 76.7 Å². The molecule has 3 aliphatic rings. The summed E-state index contributed by atoms with van der Waals surface area (Å²) in [7, 11) is 0. The minimum absolute atomic E-state index is 0.0176. The molecule has 5 heteroatoms. The van der Waals surface area contributed by atoms with E-state index >= 15 is 0 Å². The Morgan fingerprint density at radius 1 is 0.857 bits per heavy atom. The van der Waals surface area contributed by atoms with Gasteiger partial charge in [-0.05, 0) is 74.1 Å². The van der Waals surface area contributed by atoms with Crippen LogP contribution in [-0.2, 0) is 11.2 Å². The molecule has 35 heavy (non-hydrogen) atoms. The third-order valence-electron chi connectivity index (χ3n) is 8.01. The summed E-state index contributed by atoms with van der Waals surface area (Å²) in [4.78, 5) is 28.1. The van der Waals surface area contributed by atoms with Crippen LogP contribution in [0.1, 0.15) is 80.1 Å². The number of piperidine rings is 1. The zero-order valence-electron chi connectivity index (χ0n) is 20.8. The van der Waals surface area contributed by atoms with Crippen molar-refractivity contribution in [3.05, 3.63) is 59.7 Å². The molecule has 5 nitrogen and oxygen atoms in total.